The van der Waals surface area contributed by atoms with Gasteiger partial charge < -0.3 is 5.11 Å². The molecule has 0 aliphatic carbocycles. The second-order valence-corrected chi connectivity index (χ2v) is 6.74. The Morgan fingerprint density at radius 2 is 1.62 bits per heavy atom. The summed E-state index contributed by atoms with van der Waals surface area (Å²) in [6, 6.07) is -0.252. The average Bonchev–Trinajstić information content (AvgIpc) is 2.37. The Hall–Kier alpha value is -0.930. The van der Waals surface area contributed by atoms with E-state index in [-0.39, 0.29) is 23.7 Å². The minimum Gasteiger partial charge on any atom is -0.390 e. The van der Waals surface area contributed by atoms with Crippen LogP contribution in [0, 0.1) is 11.8 Å². The van der Waals surface area contributed by atoms with Gasteiger partial charge in [-0.1, -0.05) is 44.6 Å². The predicted molar refractivity (Wildman–Crippen MR) is 90.3 cm³/mol. The SMILES string of the molecule is CC(C)=C/C=C/[C@@H](C)[C@@H](O)[C@@H](C(=O)C(C)C)N(C)C(C)C. The number of Topliss-reactive ketones (excluding diaryl/α,β-unsaturated/α-hetero) is 1. The molecule has 0 aliphatic heterocycles. The molecule has 0 amide bonds. The summed E-state index contributed by atoms with van der Waals surface area (Å²) in [7, 11) is 1.91. The Bertz CT molecular complexity index is 379. The second kappa shape index (κ2) is 9.16. The molecule has 0 aromatic carbocycles. The number of likely N-dealkylation sites (N-methyl/N-ethyl adjacent to an activating group) is 1. The molecule has 0 unspecified atom stereocenters. The molecule has 0 aromatic rings. The molecular weight excluding hydrogens is 262 g/mol. The van der Waals surface area contributed by atoms with E-state index in [1.54, 1.807) is 0 Å². The van der Waals surface area contributed by atoms with Crippen LogP contribution in [0.5, 0.6) is 0 Å². The zero-order valence-electron chi connectivity index (χ0n) is 14.9. The first kappa shape index (κ1) is 20.1. The number of nitrogens with zero attached hydrogens (tertiary/aromatic N) is 1. The van der Waals surface area contributed by atoms with Crippen molar-refractivity contribution in [3.8, 4) is 0 Å². The predicted octanol–water partition coefficient (Wildman–Crippen LogP) is 3.44. The summed E-state index contributed by atoms with van der Waals surface area (Å²) in [6.07, 6.45) is 5.23. The van der Waals surface area contributed by atoms with Crippen LogP contribution in [0.1, 0.15) is 48.5 Å². The molecule has 0 aromatic heterocycles. The van der Waals surface area contributed by atoms with Gasteiger partial charge in [0, 0.05) is 17.9 Å². The highest BCUT2D eigenvalue weighted by molar-refractivity contribution is 5.86. The van der Waals surface area contributed by atoms with Crippen LogP contribution in [0.15, 0.2) is 23.8 Å². The lowest BCUT2D eigenvalue weighted by atomic mass is 9.88. The summed E-state index contributed by atoms with van der Waals surface area (Å²) >= 11 is 0. The van der Waals surface area contributed by atoms with Crippen molar-refractivity contribution in [2.75, 3.05) is 7.05 Å². The molecule has 0 radical (unpaired) electrons. The minimum atomic E-state index is -0.700. The molecule has 3 atom stereocenters. The molecule has 3 heteroatoms. The summed E-state index contributed by atoms with van der Waals surface area (Å²) in [4.78, 5) is 14.4. The van der Waals surface area contributed by atoms with Crippen molar-refractivity contribution in [3.63, 3.8) is 0 Å². The molecule has 21 heavy (non-hydrogen) atoms. The standard InChI is InChI=1S/C18H33NO2/c1-12(2)10-9-11-15(7)18(21)16(17(20)13(3)4)19(8)14(5)6/h9-11,13-16,18,21H,1-8H3/b11-9+/t15-,16-,18-/m1/s1. The van der Waals surface area contributed by atoms with Gasteiger partial charge in [0.2, 0.25) is 0 Å². The van der Waals surface area contributed by atoms with Gasteiger partial charge in [0.25, 0.3) is 0 Å². The van der Waals surface area contributed by atoms with E-state index in [1.165, 1.54) is 5.57 Å². The van der Waals surface area contributed by atoms with Gasteiger partial charge in [-0.15, -0.1) is 0 Å². The molecule has 0 fully saturated rings. The van der Waals surface area contributed by atoms with Crippen LogP contribution in [-0.4, -0.2) is 41.0 Å². The van der Waals surface area contributed by atoms with Gasteiger partial charge in [-0.25, -0.2) is 0 Å². The molecule has 0 bridgehead atoms. The Kier molecular flexibility index (Phi) is 8.76. The van der Waals surface area contributed by atoms with Crippen LogP contribution in [0.4, 0.5) is 0 Å². The van der Waals surface area contributed by atoms with Gasteiger partial charge in [-0.05, 0) is 34.7 Å². The third-order valence-electron chi connectivity index (χ3n) is 3.82. The van der Waals surface area contributed by atoms with Crippen molar-refractivity contribution in [2.24, 2.45) is 11.8 Å². The Labute approximate surface area is 130 Å². The van der Waals surface area contributed by atoms with Gasteiger partial charge in [0.05, 0.1) is 12.1 Å². The van der Waals surface area contributed by atoms with E-state index in [4.69, 9.17) is 0 Å². The molecule has 3 nitrogen and oxygen atoms in total. The maximum atomic E-state index is 12.5. The van der Waals surface area contributed by atoms with Crippen molar-refractivity contribution < 1.29 is 9.90 Å². The normalized spacial score (nSPS) is 16.6. The van der Waals surface area contributed by atoms with Crippen molar-refractivity contribution >= 4 is 5.78 Å². The lowest BCUT2D eigenvalue weighted by Gasteiger charge is -2.36. The third kappa shape index (κ3) is 6.58. The Morgan fingerprint density at radius 3 is 2.00 bits per heavy atom. The fraction of sp³-hybridized carbons (Fsp3) is 0.722. The van der Waals surface area contributed by atoms with Gasteiger partial charge in [-0.2, -0.15) is 0 Å². The van der Waals surface area contributed by atoms with Crippen LogP contribution < -0.4 is 0 Å². The van der Waals surface area contributed by atoms with Crippen LogP contribution >= 0.6 is 0 Å². The van der Waals surface area contributed by atoms with Crippen molar-refractivity contribution in [1.82, 2.24) is 4.90 Å². The fourth-order valence-corrected chi connectivity index (χ4v) is 2.10. The van der Waals surface area contributed by atoms with E-state index in [2.05, 4.69) is 0 Å². The molecule has 0 saturated heterocycles. The topological polar surface area (TPSA) is 40.5 Å². The quantitative estimate of drug-likeness (QED) is 0.697. The summed E-state index contributed by atoms with van der Waals surface area (Å²) in [5.41, 5.74) is 1.21. The number of hydrogen-bond acceptors (Lipinski definition) is 3. The average molecular weight is 295 g/mol. The number of carbonyl (C=O) groups excluding carboxylic acids is 1. The van der Waals surface area contributed by atoms with E-state index in [0.717, 1.165) is 0 Å². The molecule has 0 spiro atoms. The summed E-state index contributed by atoms with van der Waals surface area (Å²) in [5, 5.41) is 10.6. The Morgan fingerprint density at radius 1 is 1.10 bits per heavy atom. The highest BCUT2D eigenvalue weighted by Gasteiger charge is 2.35. The van der Waals surface area contributed by atoms with Gasteiger partial charge in [-0.3, -0.25) is 9.69 Å². The second-order valence-electron chi connectivity index (χ2n) is 6.74. The molecule has 0 heterocycles. The zero-order valence-corrected chi connectivity index (χ0v) is 14.9. The summed E-state index contributed by atoms with van der Waals surface area (Å²) < 4.78 is 0. The van der Waals surface area contributed by atoms with E-state index in [1.807, 2.05) is 78.6 Å². The molecule has 122 valence electrons. The maximum absolute atomic E-state index is 12.5. The fourth-order valence-electron chi connectivity index (χ4n) is 2.10. The lowest BCUT2D eigenvalue weighted by molar-refractivity contribution is -0.132. The largest absolute Gasteiger partial charge is 0.390 e. The molecule has 1 N–H and O–H groups in total. The zero-order chi connectivity index (χ0) is 16.7. The molecular formula is C18H33NO2. The van der Waals surface area contributed by atoms with Gasteiger partial charge >= 0.3 is 0 Å². The number of aliphatic hydroxyl groups excluding tert-OH is 1. The first-order valence-corrected chi connectivity index (χ1v) is 7.85. The smallest absolute Gasteiger partial charge is 0.155 e. The van der Waals surface area contributed by atoms with Crippen LogP contribution in [0.2, 0.25) is 0 Å². The minimum absolute atomic E-state index is 0.0745. The van der Waals surface area contributed by atoms with Crippen LogP contribution in [-0.2, 0) is 4.79 Å². The third-order valence-corrected chi connectivity index (χ3v) is 3.82. The molecule has 0 aliphatic rings. The highest BCUT2D eigenvalue weighted by Crippen LogP contribution is 2.19. The number of ketones is 1. The molecule has 0 rings (SSSR count). The maximum Gasteiger partial charge on any atom is 0.155 e. The number of aliphatic hydroxyl groups is 1. The summed E-state index contributed by atoms with van der Waals surface area (Å²) in [6.45, 7) is 13.9. The number of rotatable bonds is 8. The summed E-state index contributed by atoms with van der Waals surface area (Å²) in [5.74, 6) is -0.0597. The van der Waals surface area contributed by atoms with Crippen LogP contribution in [0.3, 0.4) is 0 Å². The van der Waals surface area contributed by atoms with Crippen molar-refractivity contribution in [1.29, 1.82) is 0 Å². The monoisotopic (exact) mass is 295 g/mol. The van der Waals surface area contributed by atoms with Crippen molar-refractivity contribution in [2.45, 2.75) is 66.7 Å². The van der Waals surface area contributed by atoms with E-state index in [9.17, 15) is 9.90 Å². The first-order chi connectivity index (χ1) is 9.59. The number of carbonyl (C=O) groups is 1. The van der Waals surface area contributed by atoms with E-state index >= 15 is 0 Å². The van der Waals surface area contributed by atoms with Gasteiger partial charge in [0.15, 0.2) is 5.78 Å². The molecule has 0 saturated carbocycles. The number of allylic oxidation sites excluding steroid dienone is 3. The van der Waals surface area contributed by atoms with E-state index in [0.29, 0.717) is 0 Å². The highest BCUT2D eigenvalue weighted by atomic mass is 16.3. The Balaban J connectivity index is 5.19. The van der Waals surface area contributed by atoms with E-state index < -0.39 is 12.1 Å². The number of hydrogen-bond donors (Lipinski definition) is 1. The first-order valence-electron chi connectivity index (χ1n) is 7.85. The van der Waals surface area contributed by atoms with Crippen LogP contribution in [0.25, 0.3) is 0 Å². The van der Waals surface area contributed by atoms with Crippen molar-refractivity contribution in [3.05, 3.63) is 23.8 Å². The lowest BCUT2D eigenvalue weighted by Crippen LogP contribution is -2.53. The van der Waals surface area contributed by atoms with Gasteiger partial charge in [0.1, 0.15) is 0 Å².